The van der Waals surface area contributed by atoms with E-state index in [-0.39, 0.29) is 5.56 Å². The van der Waals surface area contributed by atoms with Gasteiger partial charge in [-0.2, -0.15) is 10.2 Å². The lowest BCUT2D eigenvalue weighted by atomic mass is 9.89. The molecule has 0 bridgehead atoms. The number of benzene rings is 1. The van der Waals surface area contributed by atoms with Crippen molar-refractivity contribution < 1.29 is 13.9 Å². The van der Waals surface area contributed by atoms with Crippen LogP contribution in [0.5, 0.6) is 0 Å². The number of anilines is 1. The molecule has 5 aromatic rings. The summed E-state index contributed by atoms with van der Waals surface area (Å²) in [5, 5.41) is 19.7. The first kappa shape index (κ1) is 24.8. The van der Waals surface area contributed by atoms with Crippen LogP contribution in [0.15, 0.2) is 67.7 Å². The van der Waals surface area contributed by atoms with Gasteiger partial charge < -0.3 is 10.0 Å². The molecule has 6 rings (SSSR count). The molecular formula is C28H26F2N8O. The predicted molar refractivity (Wildman–Crippen MR) is 142 cm³/mol. The van der Waals surface area contributed by atoms with Gasteiger partial charge in [-0.15, -0.1) is 0 Å². The minimum absolute atomic E-state index is 0.0447. The predicted octanol–water partition coefficient (Wildman–Crippen LogP) is 4.23. The van der Waals surface area contributed by atoms with Crippen molar-refractivity contribution in [1.82, 2.24) is 34.3 Å². The summed E-state index contributed by atoms with van der Waals surface area (Å²) in [6, 6.07) is 5.16. The van der Waals surface area contributed by atoms with Crippen LogP contribution >= 0.6 is 0 Å². The Morgan fingerprint density at radius 3 is 2.51 bits per heavy atom. The van der Waals surface area contributed by atoms with E-state index in [0.29, 0.717) is 30.9 Å². The summed E-state index contributed by atoms with van der Waals surface area (Å²) in [5.41, 5.74) is 2.48. The molecule has 0 fully saturated rings. The van der Waals surface area contributed by atoms with Gasteiger partial charge in [0.25, 0.3) is 0 Å². The van der Waals surface area contributed by atoms with Crippen LogP contribution in [0.25, 0.3) is 22.2 Å². The molecule has 1 unspecified atom stereocenters. The van der Waals surface area contributed by atoms with Crippen LogP contribution in [0.2, 0.25) is 0 Å². The Labute approximate surface area is 223 Å². The molecule has 1 N–H and O–H groups in total. The number of halogens is 2. The molecule has 1 aliphatic heterocycles. The molecule has 0 amide bonds. The third-order valence-electron chi connectivity index (χ3n) is 7.14. The minimum Gasteiger partial charge on any atom is -0.380 e. The number of nitrogens with zero attached hydrogens (tertiary/aromatic N) is 8. The molecule has 5 heterocycles. The normalized spacial score (nSPS) is 15.4. The second-order valence-electron chi connectivity index (χ2n) is 9.64. The molecule has 1 aliphatic rings. The Morgan fingerprint density at radius 1 is 1.00 bits per heavy atom. The summed E-state index contributed by atoms with van der Waals surface area (Å²) in [4.78, 5) is 15.6. The van der Waals surface area contributed by atoms with Gasteiger partial charge in [0.15, 0.2) is 11.6 Å². The first-order valence-corrected chi connectivity index (χ1v) is 12.6. The number of rotatable bonds is 6. The molecule has 11 heteroatoms. The Kier molecular flexibility index (Phi) is 6.15. The molecular weight excluding hydrogens is 502 g/mol. The number of hydrogen-bond acceptors (Lipinski definition) is 7. The summed E-state index contributed by atoms with van der Waals surface area (Å²) in [6.45, 7) is 5.60. The molecule has 0 aliphatic carbocycles. The van der Waals surface area contributed by atoms with Gasteiger partial charge in [-0.25, -0.2) is 28.2 Å². The van der Waals surface area contributed by atoms with E-state index < -0.39 is 17.2 Å². The zero-order valence-electron chi connectivity index (χ0n) is 21.5. The van der Waals surface area contributed by atoms with Crippen molar-refractivity contribution in [1.29, 1.82) is 0 Å². The molecule has 9 nitrogen and oxygen atoms in total. The van der Waals surface area contributed by atoms with Crippen LogP contribution in [0.3, 0.4) is 0 Å². The van der Waals surface area contributed by atoms with Crippen LogP contribution in [0.4, 0.5) is 14.6 Å². The zero-order chi connectivity index (χ0) is 27.1. The van der Waals surface area contributed by atoms with Gasteiger partial charge in [-0.3, -0.25) is 4.68 Å². The fourth-order valence-corrected chi connectivity index (χ4v) is 4.85. The van der Waals surface area contributed by atoms with E-state index in [1.165, 1.54) is 25.4 Å². The van der Waals surface area contributed by atoms with Crippen LogP contribution in [0.1, 0.15) is 37.2 Å². The van der Waals surface area contributed by atoms with Crippen molar-refractivity contribution in [3.63, 3.8) is 0 Å². The molecule has 39 heavy (non-hydrogen) atoms. The topological polar surface area (TPSA) is 97.3 Å². The fraction of sp³-hybridized carbons (Fsp3) is 0.250. The molecule has 1 aromatic carbocycles. The molecule has 0 saturated heterocycles. The Morgan fingerprint density at radius 2 is 1.82 bits per heavy atom. The monoisotopic (exact) mass is 528 g/mol. The van der Waals surface area contributed by atoms with E-state index in [2.05, 4.69) is 42.2 Å². The van der Waals surface area contributed by atoms with E-state index in [4.69, 9.17) is 0 Å². The summed E-state index contributed by atoms with van der Waals surface area (Å²) in [7, 11) is 0. The van der Waals surface area contributed by atoms with Crippen LogP contribution in [0, 0.1) is 11.6 Å². The minimum atomic E-state index is -1.71. The smallest absolute Gasteiger partial charge is 0.156 e. The average Bonchev–Trinajstić information content (AvgIpc) is 3.60. The molecule has 0 saturated carbocycles. The number of aryl methyl sites for hydroxylation is 1. The molecule has 1 atom stereocenters. The number of fused-ring (bicyclic) bond motifs is 1. The average molecular weight is 529 g/mol. The van der Waals surface area contributed by atoms with Gasteiger partial charge in [-0.05, 0) is 44.0 Å². The van der Waals surface area contributed by atoms with Crippen molar-refractivity contribution in [2.24, 2.45) is 0 Å². The van der Waals surface area contributed by atoms with Gasteiger partial charge in [-0.1, -0.05) is 6.08 Å². The van der Waals surface area contributed by atoms with E-state index in [1.54, 1.807) is 6.33 Å². The molecule has 198 valence electrons. The standard InChI is InChI=1S/C28H26F2N8O/c1-3-37-15-20(12-34-37)19-10-25-27(33-17-35-38(25)16-19)36-8-6-18(7-9-36)26-31-13-21(14-32-26)28(2,39)23-5-4-22(29)11-24(23)30/h4-6,10-17,39H,3,7-9H2,1-2H3. The van der Waals surface area contributed by atoms with E-state index in [9.17, 15) is 13.9 Å². The second-order valence-corrected chi connectivity index (χ2v) is 9.64. The number of aromatic nitrogens is 7. The second kappa shape index (κ2) is 9.66. The highest BCUT2D eigenvalue weighted by molar-refractivity contribution is 5.78. The van der Waals surface area contributed by atoms with Crippen molar-refractivity contribution in [3.05, 3.63) is 96.2 Å². The Balaban J connectivity index is 1.21. The first-order valence-electron chi connectivity index (χ1n) is 12.6. The maximum Gasteiger partial charge on any atom is 0.156 e. The highest BCUT2D eigenvalue weighted by atomic mass is 19.1. The zero-order valence-corrected chi connectivity index (χ0v) is 21.5. The molecule has 0 spiro atoms. The van der Waals surface area contributed by atoms with Gasteiger partial charge in [0.05, 0.1) is 6.20 Å². The van der Waals surface area contributed by atoms with Crippen molar-refractivity contribution >= 4 is 16.9 Å². The highest BCUT2D eigenvalue weighted by Gasteiger charge is 2.30. The summed E-state index contributed by atoms with van der Waals surface area (Å²) in [6.07, 6.45) is 13.1. The molecule has 4 aromatic heterocycles. The first-order chi connectivity index (χ1) is 18.8. The largest absolute Gasteiger partial charge is 0.380 e. The lowest BCUT2D eigenvalue weighted by molar-refractivity contribution is 0.0970. The van der Waals surface area contributed by atoms with E-state index in [1.807, 2.05) is 34.7 Å². The van der Waals surface area contributed by atoms with Gasteiger partial charge in [0.2, 0.25) is 0 Å². The Bertz CT molecular complexity index is 1690. The van der Waals surface area contributed by atoms with E-state index >= 15 is 0 Å². The van der Waals surface area contributed by atoms with E-state index in [0.717, 1.165) is 46.7 Å². The number of aliphatic hydroxyl groups is 1. The summed E-state index contributed by atoms with van der Waals surface area (Å²) in [5.74, 6) is -0.160. The molecule has 0 radical (unpaired) electrons. The summed E-state index contributed by atoms with van der Waals surface area (Å²) >= 11 is 0. The van der Waals surface area contributed by atoms with Gasteiger partial charge in [0, 0.05) is 72.7 Å². The lowest BCUT2D eigenvalue weighted by Crippen LogP contribution is -2.30. The highest BCUT2D eigenvalue weighted by Crippen LogP contribution is 2.32. The number of hydrogen-bond donors (Lipinski definition) is 1. The van der Waals surface area contributed by atoms with Crippen molar-refractivity contribution in [2.45, 2.75) is 32.4 Å². The van der Waals surface area contributed by atoms with Crippen LogP contribution in [-0.2, 0) is 12.1 Å². The quantitative estimate of drug-likeness (QED) is 0.352. The van der Waals surface area contributed by atoms with Crippen LogP contribution in [-0.4, -0.2) is 52.5 Å². The summed E-state index contributed by atoms with van der Waals surface area (Å²) < 4.78 is 31.4. The van der Waals surface area contributed by atoms with Crippen molar-refractivity contribution in [2.75, 3.05) is 18.0 Å². The van der Waals surface area contributed by atoms with Crippen molar-refractivity contribution in [3.8, 4) is 11.1 Å². The Hall–Kier alpha value is -4.51. The van der Waals surface area contributed by atoms with Gasteiger partial charge >= 0.3 is 0 Å². The van der Waals surface area contributed by atoms with Gasteiger partial charge in [0.1, 0.15) is 29.1 Å². The fourth-order valence-electron chi connectivity index (χ4n) is 4.85. The third kappa shape index (κ3) is 4.54. The SMILES string of the molecule is CCn1cc(-c2cc3c(N4CC=C(c5ncc(C(C)(O)c6ccc(F)cc6F)cn5)CC4)ncnn3c2)cn1. The van der Waals surface area contributed by atoms with Crippen LogP contribution < -0.4 is 4.90 Å². The maximum atomic E-state index is 14.3. The maximum absolute atomic E-state index is 14.3. The third-order valence-corrected chi connectivity index (χ3v) is 7.14. The lowest BCUT2D eigenvalue weighted by Gasteiger charge is -2.27.